The van der Waals surface area contributed by atoms with E-state index in [4.69, 9.17) is 0 Å². The van der Waals surface area contributed by atoms with Gasteiger partial charge in [-0.3, -0.25) is 4.79 Å². The van der Waals surface area contributed by atoms with Crippen molar-refractivity contribution >= 4 is 11.5 Å². The molecule has 0 saturated heterocycles. The minimum absolute atomic E-state index is 0.151. The molecule has 0 radical (unpaired) electrons. The first-order chi connectivity index (χ1) is 11.2. The predicted octanol–water partition coefficient (Wildman–Crippen LogP) is 2.49. The lowest BCUT2D eigenvalue weighted by Gasteiger charge is -2.18. The van der Waals surface area contributed by atoms with E-state index < -0.39 is 0 Å². The number of hydrogen-bond acceptors (Lipinski definition) is 4. The Balaban J connectivity index is 2.29. The molecule has 0 unspecified atom stereocenters. The van der Waals surface area contributed by atoms with E-state index >= 15 is 0 Å². The monoisotopic (exact) mass is 311 g/mol. The number of aromatic nitrogens is 4. The number of fused-ring (bicyclic) bond motifs is 1. The fraction of sp³-hybridized carbons (Fsp3) is 0.353. The van der Waals surface area contributed by atoms with E-state index in [2.05, 4.69) is 33.8 Å². The lowest BCUT2D eigenvalue weighted by molar-refractivity contribution is 0.779. The maximum absolute atomic E-state index is 12.6. The van der Waals surface area contributed by atoms with Gasteiger partial charge in [0.1, 0.15) is 0 Å². The lowest BCUT2D eigenvalue weighted by atomic mass is 10.2. The minimum Gasteiger partial charge on any atom is -0.341 e. The van der Waals surface area contributed by atoms with Gasteiger partial charge in [0, 0.05) is 18.7 Å². The van der Waals surface area contributed by atoms with E-state index in [0.717, 1.165) is 30.3 Å². The van der Waals surface area contributed by atoms with Crippen molar-refractivity contribution < 1.29 is 0 Å². The van der Waals surface area contributed by atoms with Crippen molar-refractivity contribution in [1.29, 1.82) is 0 Å². The summed E-state index contributed by atoms with van der Waals surface area (Å²) in [6.07, 6.45) is 0.695. The lowest BCUT2D eigenvalue weighted by Crippen LogP contribution is -2.25. The Hall–Kier alpha value is -2.63. The second kappa shape index (κ2) is 6.24. The molecule has 6 heteroatoms. The number of nitrogens with zero attached hydrogens (tertiary/aromatic N) is 4. The van der Waals surface area contributed by atoms with Crippen LogP contribution in [0.25, 0.3) is 16.9 Å². The molecule has 0 spiro atoms. The molecule has 0 fully saturated rings. The minimum atomic E-state index is -0.151. The SMILES string of the molecule is CCc1nc(N(CC)CC)n2nc(-c3ccccc3)[nH]c(=O)c12. The number of rotatable bonds is 5. The number of aryl methyl sites for hydroxylation is 1. The summed E-state index contributed by atoms with van der Waals surface area (Å²) in [5.41, 5.74) is 2.04. The van der Waals surface area contributed by atoms with E-state index in [1.807, 2.05) is 37.3 Å². The third-order valence-corrected chi connectivity index (χ3v) is 3.98. The highest BCUT2D eigenvalue weighted by atomic mass is 16.1. The van der Waals surface area contributed by atoms with Crippen LogP contribution in [0, 0.1) is 0 Å². The third kappa shape index (κ3) is 2.60. The number of aromatic amines is 1. The zero-order valence-corrected chi connectivity index (χ0v) is 13.7. The molecule has 23 heavy (non-hydrogen) atoms. The average molecular weight is 311 g/mol. The van der Waals surface area contributed by atoms with Gasteiger partial charge in [0.2, 0.25) is 5.95 Å². The molecule has 2 heterocycles. The predicted molar refractivity (Wildman–Crippen MR) is 92.0 cm³/mol. The molecule has 120 valence electrons. The standard InChI is InChI=1S/C17H21N5O/c1-4-13-14-16(23)19-15(12-10-8-7-9-11-12)20-22(14)17(18-13)21(5-2)6-3/h7-11H,4-6H2,1-3H3,(H,19,20,23). The normalized spacial score (nSPS) is 11.1. The topological polar surface area (TPSA) is 66.3 Å². The fourth-order valence-corrected chi connectivity index (χ4v) is 2.74. The highest BCUT2D eigenvalue weighted by molar-refractivity contribution is 5.60. The fourth-order valence-electron chi connectivity index (χ4n) is 2.74. The molecule has 0 aliphatic heterocycles. The second-order valence-corrected chi connectivity index (χ2v) is 5.31. The van der Waals surface area contributed by atoms with Gasteiger partial charge < -0.3 is 9.88 Å². The molecular weight excluding hydrogens is 290 g/mol. The second-order valence-electron chi connectivity index (χ2n) is 5.31. The van der Waals surface area contributed by atoms with Crippen LogP contribution in [-0.2, 0) is 6.42 Å². The van der Waals surface area contributed by atoms with Crippen molar-refractivity contribution in [2.24, 2.45) is 0 Å². The van der Waals surface area contributed by atoms with E-state index in [1.165, 1.54) is 0 Å². The Morgan fingerprint density at radius 3 is 2.43 bits per heavy atom. The van der Waals surface area contributed by atoms with E-state index in [-0.39, 0.29) is 5.56 Å². The van der Waals surface area contributed by atoms with Crippen LogP contribution in [0.5, 0.6) is 0 Å². The third-order valence-electron chi connectivity index (χ3n) is 3.98. The molecule has 3 aromatic rings. The molecule has 0 saturated carbocycles. The van der Waals surface area contributed by atoms with Gasteiger partial charge in [0.15, 0.2) is 11.3 Å². The quantitative estimate of drug-likeness (QED) is 0.786. The zero-order chi connectivity index (χ0) is 16.4. The van der Waals surface area contributed by atoms with Gasteiger partial charge in [-0.15, -0.1) is 5.10 Å². The van der Waals surface area contributed by atoms with Gasteiger partial charge in [-0.2, -0.15) is 4.52 Å². The first-order valence-electron chi connectivity index (χ1n) is 8.01. The van der Waals surface area contributed by atoms with Crippen molar-refractivity contribution in [3.63, 3.8) is 0 Å². The van der Waals surface area contributed by atoms with Gasteiger partial charge in [0.25, 0.3) is 5.56 Å². The number of H-pyrrole nitrogens is 1. The number of nitrogens with one attached hydrogen (secondary N) is 1. The number of anilines is 1. The molecule has 0 amide bonds. The van der Waals surface area contributed by atoms with Crippen LogP contribution < -0.4 is 10.5 Å². The highest BCUT2D eigenvalue weighted by Gasteiger charge is 2.19. The summed E-state index contributed by atoms with van der Waals surface area (Å²) < 4.78 is 1.69. The first-order valence-corrected chi connectivity index (χ1v) is 8.01. The summed E-state index contributed by atoms with van der Waals surface area (Å²) >= 11 is 0. The molecule has 0 atom stereocenters. The Morgan fingerprint density at radius 2 is 1.83 bits per heavy atom. The molecule has 0 aliphatic rings. The average Bonchev–Trinajstić information content (AvgIpc) is 2.96. The van der Waals surface area contributed by atoms with Crippen LogP contribution >= 0.6 is 0 Å². The molecule has 1 N–H and O–H groups in total. The summed E-state index contributed by atoms with van der Waals surface area (Å²) in [6, 6.07) is 9.65. The van der Waals surface area contributed by atoms with Crippen LogP contribution in [0.15, 0.2) is 35.1 Å². The van der Waals surface area contributed by atoms with Crippen molar-refractivity contribution in [1.82, 2.24) is 19.6 Å². The first kappa shape index (κ1) is 15.3. The number of benzene rings is 1. The van der Waals surface area contributed by atoms with Crippen LogP contribution in [0.4, 0.5) is 5.95 Å². The largest absolute Gasteiger partial charge is 0.341 e. The maximum Gasteiger partial charge on any atom is 0.277 e. The molecular formula is C17H21N5O. The van der Waals surface area contributed by atoms with Crippen LogP contribution in [0.3, 0.4) is 0 Å². The Labute approximate surface area is 134 Å². The van der Waals surface area contributed by atoms with Gasteiger partial charge in [0.05, 0.1) is 5.69 Å². The van der Waals surface area contributed by atoms with Crippen LogP contribution in [-0.4, -0.2) is 32.7 Å². The maximum atomic E-state index is 12.6. The summed E-state index contributed by atoms with van der Waals surface area (Å²) in [6.45, 7) is 7.77. The van der Waals surface area contributed by atoms with Crippen molar-refractivity contribution in [2.45, 2.75) is 27.2 Å². The van der Waals surface area contributed by atoms with Crippen molar-refractivity contribution in [2.75, 3.05) is 18.0 Å². The van der Waals surface area contributed by atoms with Gasteiger partial charge in [-0.1, -0.05) is 37.3 Å². The molecule has 6 nitrogen and oxygen atoms in total. The summed E-state index contributed by atoms with van der Waals surface area (Å²) in [5.74, 6) is 1.28. The van der Waals surface area contributed by atoms with E-state index in [0.29, 0.717) is 17.8 Å². The van der Waals surface area contributed by atoms with Gasteiger partial charge >= 0.3 is 0 Å². The van der Waals surface area contributed by atoms with Crippen molar-refractivity contribution in [3.05, 3.63) is 46.4 Å². The number of hydrogen-bond donors (Lipinski definition) is 1. The summed E-state index contributed by atoms with van der Waals surface area (Å²) in [4.78, 5) is 22.2. The highest BCUT2D eigenvalue weighted by Crippen LogP contribution is 2.19. The van der Waals surface area contributed by atoms with Gasteiger partial charge in [-0.25, -0.2) is 4.98 Å². The summed E-state index contributed by atoms with van der Waals surface area (Å²) in [7, 11) is 0. The Kier molecular flexibility index (Phi) is 4.14. The van der Waals surface area contributed by atoms with Crippen LogP contribution in [0.1, 0.15) is 26.5 Å². The molecule has 1 aromatic carbocycles. The Morgan fingerprint density at radius 1 is 1.13 bits per heavy atom. The van der Waals surface area contributed by atoms with Crippen LogP contribution in [0.2, 0.25) is 0 Å². The van der Waals surface area contributed by atoms with E-state index in [9.17, 15) is 4.79 Å². The number of imidazole rings is 1. The van der Waals surface area contributed by atoms with E-state index in [1.54, 1.807) is 4.52 Å². The molecule has 3 rings (SSSR count). The molecule has 2 aromatic heterocycles. The van der Waals surface area contributed by atoms with Gasteiger partial charge in [-0.05, 0) is 20.3 Å². The van der Waals surface area contributed by atoms with Crippen molar-refractivity contribution in [3.8, 4) is 11.4 Å². The molecule has 0 bridgehead atoms. The smallest absolute Gasteiger partial charge is 0.277 e. The summed E-state index contributed by atoms with van der Waals surface area (Å²) in [5, 5.41) is 4.65. The zero-order valence-electron chi connectivity index (χ0n) is 13.7. The Bertz CT molecular complexity index is 862. The molecule has 0 aliphatic carbocycles.